The molecule has 2 amide bonds. The van der Waals surface area contributed by atoms with E-state index < -0.39 is 17.9 Å². The predicted molar refractivity (Wildman–Crippen MR) is 96.3 cm³/mol. The fourth-order valence-corrected chi connectivity index (χ4v) is 2.26. The molecule has 0 aromatic carbocycles. The van der Waals surface area contributed by atoms with Gasteiger partial charge in [0.25, 0.3) is 5.91 Å². The molecule has 1 atom stereocenters. The number of amides is 2. The molecular weight excluding hydrogens is 338 g/mol. The van der Waals surface area contributed by atoms with Crippen LogP contribution in [-0.2, 0) is 4.79 Å². The number of nitrogens with two attached hydrogens (primary N) is 2. The van der Waals surface area contributed by atoms with Gasteiger partial charge >= 0.3 is 0 Å². The van der Waals surface area contributed by atoms with Gasteiger partial charge in [0.05, 0.1) is 25.2 Å². The molecule has 6 N–H and O–H groups in total. The summed E-state index contributed by atoms with van der Waals surface area (Å²) in [5.41, 5.74) is 12.0. The highest BCUT2D eigenvalue weighted by molar-refractivity contribution is 5.96. The lowest BCUT2D eigenvalue weighted by atomic mass is 10.2. The van der Waals surface area contributed by atoms with Gasteiger partial charge in [0, 0.05) is 5.56 Å². The molecule has 0 aliphatic carbocycles. The van der Waals surface area contributed by atoms with Gasteiger partial charge in [0.2, 0.25) is 11.8 Å². The lowest BCUT2D eigenvalue weighted by Gasteiger charge is -2.16. The number of aryl methyl sites for hydroxylation is 1. The van der Waals surface area contributed by atoms with E-state index in [1.54, 1.807) is 13.0 Å². The highest BCUT2D eigenvalue weighted by Gasteiger charge is 2.17. The van der Waals surface area contributed by atoms with Crippen LogP contribution in [0.4, 0.5) is 17.3 Å². The fourth-order valence-electron chi connectivity index (χ4n) is 2.26. The average molecular weight is 359 g/mol. The Morgan fingerprint density at radius 2 is 2.00 bits per heavy atom. The summed E-state index contributed by atoms with van der Waals surface area (Å²) in [5.74, 6) is -0.363. The minimum Gasteiger partial charge on any atom is -0.481 e. The number of carbonyl (C=O) groups is 2. The lowest BCUT2D eigenvalue weighted by molar-refractivity contribution is -0.118. The molecule has 0 unspecified atom stereocenters. The van der Waals surface area contributed by atoms with Crippen LogP contribution in [0.15, 0.2) is 18.5 Å². The van der Waals surface area contributed by atoms with E-state index >= 15 is 0 Å². The number of methoxy groups -OCH3 is 1. The third-order valence-electron chi connectivity index (χ3n) is 3.57. The highest BCUT2D eigenvalue weighted by Crippen LogP contribution is 2.23. The highest BCUT2D eigenvalue weighted by atomic mass is 16.5. The van der Waals surface area contributed by atoms with Crippen molar-refractivity contribution in [2.24, 2.45) is 11.5 Å². The second-order valence-corrected chi connectivity index (χ2v) is 5.50. The largest absolute Gasteiger partial charge is 0.481 e. The lowest BCUT2D eigenvalue weighted by Crippen LogP contribution is -2.35. The van der Waals surface area contributed by atoms with Gasteiger partial charge in [-0.2, -0.15) is 0 Å². The number of hydrogen-bond donors (Lipinski definition) is 4. The number of carbonyl (C=O) groups excluding carboxylic acids is 2. The number of aromatic nitrogens is 3. The van der Waals surface area contributed by atoms with E-state index in [4.69, 9.17) is 16.2 Å². The number of rotatable bonds is 8. The van der Waals surface area contributed by atoms with Gasteiger partial charge in [0.1, 0.15) is 11.9 Å². The van der Waals surface area contributed by atoms with Crippen molar-refractivity contribution in [2.45, 2.75) is 26.3 Å². The standard InChI is InChI=1S/C16H21N7O3/c1-4-10(13(17)24)22-11-7-19-12(14(18)25)15(23-11)21-9-5-8(2)16(26-3)20-6-9/h5-7,10H,4H2,1-3H3,(H2,17,24)(H2,18,25)(H2,21,22,23)/t10-/m1/s1. The molecule has 2 aromatic rings. The molecule has 26 heavy (non-hydrogen) atoms. The molecule has 2 rings (SSSR count). The summed E-state index contributed by atoms with van der Waals surface area (Å²) in [4.78, 5) is 35.5. The van der Waals surface area contributed by atoms with E-state index in [0.29, 0.717) is 18.0 Å². The van der Waals surface area contributed by atoms with Gasteiger partial charge < -0.3 is 26.8 Å². The van der Waals surface area contributed by atoms with Crippen molar-refractivity contribution >= 4 is 29.1 Å². The van der Waals surface area contributed by atoms with Crippen molar-refractivity contribution in [3.8, 4) is 5.88 Å². The Labute approximate surface area is 150 Å². The number of hydrogen-bond acceptors (Lipinski definition) is 8. The van der Waals surface area contributed by atoms with E-state index in [1.807, 2.05) is 6.92 Å². The maximum atomic E-state index is 11.6. The number of anilines is 3. The number of nitrogens with one attached hydrogen (secondary N) is 2. The van der Waals surface area contributed by atoms with E-state index in [9.17, 15) is 9.59 Å². The maximum Gasteiger partial charge on any atom is 0.271 e. The van der Waals surface area contributed by atoms with E-state index in [0.717, 1.165) is 5.56 Å². The van der Waals surface area contributed by atoms with Gasteiger partial charge in [-0.15, -0.1) is 0 Å². The third-order valence-corrected chi connectivity index (χ3v) is 3.57. The van der Waals surface area contributed by atoms with Crippen molar-refractivity contribution in [2.75, 3.05) is 17.7 Å². The Bertz CT molecular complexity index is 825. The molecule has 138 valence electrons. The monoisotopic (exact) mass is 359 g/mol. The molecule has 0 spiro atoms. The number of nitrogens with zero attached hydrogens (tertiary/aromatic N) is 3. The van der Waals surface area contributed by atoms with Crippen molar-refractivity contribution in [1.29, 1.82) is 0 Å². The van der Waals surface area contributed by atoms with Crippen LogP contribution in [0, 0.1) is 6.92 Å². The first-order valence-corrected chi connectivity index (χ1v) is 7.86. The minimum absolute atomic E-state index is 0.0452. The zero-order valence-electron chi connectivity index (χ0n) is 14.7. The van der Waals surface area contributed by atoms with Crippen LogP contribution in [0.25, 0.3) is 0 Å². The van der Waals surface area contributed by atoms with Gasteiger partial charge in [-0.3, -0.25) is 9.59 Å². The SMILES string of the molecule is CC[C@@H](Nc1cnc(C(N)=O)c(Nc2cnc(OC)c(C)c2)n1)C(N)=O. The molecule has 0 aliphatic heterocycles. The molecule has 0 saturated carbocycles. The summed E-state index contributed by atoms with van der Waals surface area (Å²) in [6.45, 7) is 3.63. The minimum atomic E-state index is -0.744. The smallest absolute Gasteiger partial charge is 0.271 e. The fraction of sp³-hybridized carbons (Fsp3) is 0.312. The Kier molecular flexibility index (Phi) is 5.89. The molecule has 0 aliphatic rings. The first-order valence-electron chi connectivity index (χ1n) is 7.86. The van der Waals surface area contributed by atoms with Crippen LogP contribution >= 0.6 is 0 Å². The number of primary amides is 2. The normalized spacial score (nSPS) is 11.5. The first kappa shape index (κ1) is 18.9. The Hall–Kier alpha value is -3.43. The van der Waals surface area contributed by atoms with Crippen molar-refractivity contribution in [3.05, 3.63) is 29.7 Å². The van der Waals surface area contributed by atoms with Crippen LogP contribution < -0.4 is 26.8 Å². The van der Waals surface area contributed by atoms with Crippen LogP contribution in [0.1, 0.15) is 29.4 Å². The Morgan fingerprint density at radius 1 is 1.27 bits per heavy atom. The summed E-state index contributed by atoms with van der Waals surface area (Å²) in [5, 5.41) is 5.83. The van der Waals surface area contributed by atoms with Crippen LogP contribution in [0.3, 0.4) is 0 Å². The molecule has 0 radical (unpaired) electrons. The molecule has 0 fully saturated rings. The molecule has 0 bridgehead atoms. The molecule has 10 nitrogen and oxygen atoms in total. The predicted octanol–water partition coefficient (Wildman–Crippen LogP) is 0.707. The molecule has 0 saturated heterocycles. The molecule has 10 heteroatoms. The first-order chi connectivity index (χ1) is 12.3. The summed E-state index contributed by atoms with van der Waals surface area (Å²) >= 11 is 0. The van der Waals surface area contributed by atoms with E-state index in [2.05, 4.69) is 25.6 Å². The summed E-state index contributed by atoms with van der Waals surface area (Å²) in [6.07, 6.45) is 3.31. The summed E-state index contributed by atoms with van der Waals surface area (Å²) in [6, 6.07) is 1.16. The van der Waals surface area contributed by atoms with E-state index in [-0.39, 0.29) is 17.3 Å². The van der Waals surface area contributed by atoms with Crippen LogP contribution in [-0.4, -0.2) is 39.9 Å². The topological polar surface area (TPSA) is 158 Å². The number of ether oxygens (including phenoxy) is 1. The zero-order chi connectivity index (χ0) is 19.3. The Balaban J connectivity index is 2.35. The average Bonchev–Trinajstić information content (AvgIpc) is 2.59. The maximum absolute atomic E-state index is 11.6. The quantitative estimate of drug-likeness (QED) is 0.536. The summed E-state index contributed by atoms with van der Waals surface area (Å²) in [7, 11) is 1.52. The van der Waals surface area contributed by atoms with E-state index in [1.165, 1.54) is 19.5 Å². The van der Waals surface area contributed by atoms with Crippen molar-refractivity contribution < 1.29 is 14.3 Å². The van der Waals surface area contributed by atoms with Crippen LogP contribution in [0.5, 0.6) is 5.88 Å². The Morgan fingerprint density at radius 3 is 2.54 bits per heavy atom. The third kappa shape index (κ3) is 4.35. The van der Waals surface area contributed by atoms with Crippen molar-refractivity contribution in [3.63, 3.8) is 0 Å². The van der Waals surface area contributed by atoms with Gasteiger partial charge in [0.15, 0.2) is 11.5 Å². The number of pyridine rings is 1. The second-order valence-electron chi connectivity index (χ2n) is 5.50. The van der Waals surface area contributed by atoms with Gasteiger partial charge in [-0.25, -0.2) is 15.0 Å². The molecule has 2 heterocycles. The second kappa shape index (κ2) is 8.10. The van der Waals surface area contributed by atoms with Gasteiger partial charge in [-0.1, -0.05) is 6.92 Å². The zero-order valence-corrected chi connectivity index (χ0v) is 14.7. The molecular formula is C16H21N7O3. The van der Waals surface area contributed by atoms with Gasteiger partial charge in [-0.05, 0) is 19.4 Å². The van der Waals surface area contributed by atoms with Crippen molar-refractivity contribution in [1.82, 2.24) is 15.0 Å². The van der Waals surface area contributed by atoms with Crippen LogP contribution in [0.2, 0.25) is 0 Å². The summed E-state index contributed by atoms with van der Waals surface area (Å²) < 4.78 is 5.12. The molecule has 2 aromatic heterocycles.